The molecule has 1 fully saturated rings. The largest absolute Gasteiger partial charge is 0.480 e. The van der Waals surface area contributed by atoms with E-state index in [1.807, 2.05) is 11.4 Å². The predicted molar refractivity (Wildman–Crippen MR) is 78.8 cm³/mol. The SMILES string of the molecule is C[C@@H]1CC[C@H](C(=O)O)N1S(=O)(=O)c1cnc2ccsc2c1. The number of pyridine rings is 1. The maximum absolute atomic E-state index is 12.8. The van der Waals surface area contributed by atoms with Crippen LogP contribution in [0.4, 0.5) is 0 Å². The number of fused-ring (bicyclic) bond motifs is 1. The zero-order chi connectivity index (χ0) is 15.2. The number of nitrogens with zero attached hydrogens (tertiary/aromatic N) is 2. The minimum atomic E-state index is -3.85. The Hall–Kier alpha value is -1.51. The molecule has 3 heterocycles. The van der Waals surface area contributed by atoms with Gasteiger partial charge in [-0.3, -0.25) is 9.78 Å². The molecule has 0 radical (unpaired) electrons. The molecule has 0 saturated carbocycles. The van der Waals surface area contributed by atoms with Crippen LogP contribution < -0.4 is 0 Å². The van der Waals surface area contributed by atoms with Crippen molar-refractivity contribution in [1.82, 2.24) is 9.29 Å². The summed E-state index contributed by atoms with van der Waals surface area (Å²) >= 11 is 1.41. The Morgan fingerprint density at radius 3 is 2.95 bits per heavy atom. The van der Waals surface area contributed by atoms with Crippen LogP contribution in [-0.4, -0.2) is 40.9 Å². The van der Waals surface area contributed by atoms with Gasteiger partial charge < -0.3 is 5.11 Å². The summed E-state index contributed by atoms with van der Waals surface area (Å²) in [6, 6.07) is 2.06. The number of thiophene rings is 1. The van der Waals surface area contributed by atoms with E-state index in [1.54, 1.807) is 13.0 Å². The molecule has 2 aromatic heterocycles. The number of rotatable bonds is 3. The Balaban J connectivity index is 2.08. The lowest BCUT2D eigenvalue weighted by molar-refractivity contribution is -0.140. The van der Waals surface area contributed by atoms with Gasteiger partial charge in [-0.25, -0.2) is 8.42 Å². The molecule has 0 amide bonds. The minimum absolute atomic E-state index is 0.0532. The van der Waals surface area contributed by atoms with Gasteiger partial charge in [-0.05, 0) is 37.3 Å². The molecular formula is C13H14N2O4S2. The van der Waals surface area contributed by atoms with Crippen molar-refractivity contribution in [3.8, 4) is 0 Å². The molecule has 112 valence electrons. The smallest absolute Gasteiger partial charge is 0.322 e. The second-order valence-electron chi connectivity index (χ2n) is 5.09. The van der Waals surface area contributed by atoms with Crippen molar-refractivity contribution in [2.45, 2.75) is 36.7 Å². The number of hydrogen-bond donors (Lipinski definition) is 1. The predicted octanol–water partition coefficient (Wildman–Crippen LogP) is 1.92. The molecule has 0 aliphatic carbocycles. The van der Waals surface area contributed by atoms with Crippen molar-refractivity contribution < 1.29 is 18.3 Å². The number of aromatic nitrogens is 1. The second-order valence-corrected chi connectivity index (χ2v) is 7.88. The lowest BCUT2D eigenvalue weighted by atomic mass is 10.2. The van der Waals surface area contributed by atoms with Crippen LogP contribution in [0.15, 0.2) is 28.6 Å². The zero-order valence-corrected chi connectivity index (χ0v) is 12.9. The van der Waals surface area contributed by atoms with Gasteiger partial charge in [0.2, 0.25) is 10.0 Å². The molecule has 2 atom stereocenters. The quantitative estimate of drug-likeness (QED) is 0.931. The summed E-state index contributed by atoms with van der Waals surface area (Å²) in [5, 5.41) is 11.1. The van der Waals surface area contributed by atoms with Crippen LogP contribution in [0.25, 0.3) is 10.2 Å². The summed E-state index contributed by atoms with van der Waals surface area (Å²) in [5.41, 5.74) is 0.739. The fourth-order valence-electron chi connectivity index (χ4n) is 2.69. The number of aliphatic carboxylic acids is 1. The van der Waals surface area contributed by atoms with Crippen molar-refractivity contribution in [3.63, 3.8) is 0 Å². The Bertz CT molecular complexity index is 799. The van der Waals surface area contributed by atoms with Crippen LogP contribution in [0.5, 0.6) is 0 Å². The third-order valence-corrected chi connectivity index (χ3v) is 6.58. The molecule has 21 heavy (non-hydrogen) atoms. The molecule has 0 unspecified atom stereocenters. The highest BCUT2D eigenvalue weighted by Gasteiger charge is 2.44. The number of carbonyl (C=O) groups is 1. The van der Waals surface area contributed by atoms with E-state index >= 15 is 0 Å². The van der Waals surface area contributed by atoms with E-state index < -0.39 is 22.0 Å². The van der Waals surface area contributed by atoms with Crippen molar-refractivity contribution in [2.24, 2.45) is 0 Å². The summed E-state index contributed by atoms with van der Waals surface area (Å²) in [7, 11) is -3.85. The summed E-state index contributed by atoms with van der Waals surface area (Å²) in [4.78, 5) is 15.5. The molecule has 8 heteroatoms. The molecule has 3 rings (SSSR count). The molecule has 0 bridgehead atoms. The van der Waals surface area contributed by atoms with E-state index in [1.165, 1.54) is 17.5 Å². The second kappa shape index (κ2) is 5.04. The van der Waals surface area contributed by atoms with Gasteiger partial charge in [0.05, 0.1) is 10.2 Å². The van der Waals surface area contributed by atoms with Crippen LogP contribution in [0, 0.1) is 0 Å². The average molecular weight is 326 g/mol. The number of carboxylic acid groups (broad SMARTS) is 1. The van der Waals surface area contributed by atoms with Gasteiger partial charge in [0.15, 0.2) is 0 Å². The third kappa shape index (κ3) is 2.33. The topological polar surface area (TPSA) is 87.6 Å². The fourth-order valence-corrected chi connectivity index (χ4v) is 5.35. The Morgan fingerprint density at radius 2 is 2.24 bits per heavy atom. The maximum atomic E-state index is 12.8. The van der Waals surface area contributed by atoms with Crippen LogP contribution in [0.1, 0.15) is 19.8 Å². The molecule has 0 spiro atoms. The van der Waals surface area contributed by atoms with E-state index in [4.69, 9.17) is 0 Å². The first-order valence-electron chi connectivity index (χ1n) is 6.51. The Morgan fingerprint density at radius 1 is 1.48 bits per heavy atom. The lowest BCUT2D eigenvalue weighted by Crippen LogP contribution is -2.43. The van der Waals surface area contributed by atoms with Crippen molar-refractivity contribution >= 4 is 37.5 Å². The molecule has 0 aromatic carbocycles. The van der Waals surface area contributed by atoms with E-state index in [-0.39, 0.29) is 10.9 Å². The summed E-state index contributed by atoms with van der Waals surface area (Å²) < 4.78 is 27.4. The molecule has 2 aromatic rings. The van der Waals surface area contributed by atoms with Crippen LogP contribution in [-0.2, 0) is 14.8 Å². The fraction of sp³-hybridized carbons (Fsp3) is 0.385. The van der Waals surface area contributed by atoms with Crippen LogP contribution in [0.3, 0.4) is 0 Å². The molecule has 1 aliphatic heterocycles. The van der Waals surface area contributed by atoms with Crippen molar-refractivity contribution in [2.75, 3.05) is 0 Å². The maximum Gasteiger partial charge on any atom is 0.322 e. The van der Waals surface area contributed by atoms with E-state index in [0.29, 0.717) is 12.8 Å². The summed E-state index contributed by atoms with van der Waals surface area (Å²) in [5.74, 6) is -1.10. The highest BCUT2D eigenvalue weighted by molar-refractivity contribution is 7.89. The van der Waals surface area contributed by atoms with Gasteiger partial charge in [0, 0.05) is 12.2 Å². The van der Waals surface area contributed by atoms with Gasteiger partial charge >= 0.3 is 5.97 Å². The van der Waals surface area contributed by atoms with Gasteiger partial charge in [0.1, 0.15) is 10.9 Å². The molecule has 6 nitrogen and oxygen atoms in total. The number of sulfonamides is 1. The Labute approximate surface area is 126 Å². The summed E-state index contributed by atoms with van der Waals surface area (Å²) in [6.07, 6.45) is 2.18. The summed E-state index contributed by atoms with van der Waals surface area (Å²) in [6.45, 7) is 1.73. The molecule has 1 saturated heterocycles. The Kier molecular flexibility index (Phi) is 3.46. The van der Waals surface area contributed by atoms with Gasteiger partial charge in [0.25, 0.3) is 0 Å². The van der Waals surface area contributed by atoms with E-state index in [0.717, 1.165) is 14.5 Å². The standard InChI is InChI=1S/C13H14N2O4S2/c1-8-2-3-11(13(16)17)15(8)21(18,19)9-6-12-10(14-7-9)4-5-20-12/h4-8,11H,2-3H2,1H3,(H,16,17)/t8-,11-/m1/s1. The first kappa shape index (κ1) is 14.4. The van der Waals surface area contributed by atoms with Gasteiger partial charge in [-0.1, -0.05) is 0 Å². The molecule has 1 aliphatic rings. The lowest BCUT2D eigenvalue weighted by Gasteiger charge is -2.25. The van der Waals surface area contributed by atoms with Crippen molar-refractivity contribution in [1.29, 1.82) is 0 Å². The number of carboxylic acids is 1. The first-order valence-corrected chi connectivity index (χ1v) is 8.83. The van der Waals surface area contributed by atoms with Gasteiger partial charge in [-0.2, -0.15) is 4.31 Å². The van der Waals surface area contributed by atoms with E-state index in [9.17, 15) is 18.3 Å². The normalized spacial score (nSPS) is 23.7. The average Bonchev–Trinajstić information content (AvgIpc) is 3.03. The van der Waals surface area contributed by atoms with Crippen LogP contribution >= 0.6 is 11.3 Å². The minimum Gasteiger partial charge on any atom is -0.480 e. The zero-order valence-electron chi connectivity index (χ0n) is 11.3. The van der Waals surface area contributed by atoms with Gasteiger partial charge in [-0.15, -0.1) is 11.3 Å². The number of hydrogen-bond acceptors (Lipinski definition) is 5. The monoisotopic (exact) mass is 326 g/mol. The van der Waals surface area contributed by atoms with Crippen molar-refractivity contribution in [3.05, 3.63) is 23.7 Å². The molecular weight excluding hydrogens is 312 g/mol. The van der Waals surface area contributed by atoms with E-state index in [2.05, 4.69) is 4.98 Å². The first-order chi connectivity index (χ1) is 9.91. The molecule has 1 N–H and O–H groups in total. The highest BCUT2D eigenvalue weighted by Crippen LogP contribution is 2.32. The third-order valence-electron chi connectivity index (χ3n) is 3.74. The highest BCUT2D eigenvalue weighted by atomic mass is 32.2. The van der Waals surface area contributed by atoms with Crippen LogP contribution in [0.2, 0.25) is 0 Å².